The molecule has 1 aliphatic heterocycles. The van der Waals surface area contributed by atoms with Gasteiger partial charge in [0.1, 0.15) is 0 Å². The van der Waals surface area contributed by atoms with Gasteiger partial charge in [0.15, 0.2) is 0 Å². The summed E-state index contributed by atoms with van der Waals surface area (Å²) >= 11 is 0. The molecule has 0 atom stereocenters. The maximum atomic E-state index is 12.1. The lowest BCUT2D eigenvalue weighted by atomic mass is 10.1. The van der Waals surface area contributed by atoms with E-state index in [1.165, 1.54) is 32.8 Å². The zero-order valence-corrected chi connectivity index (χ0v) is 13.1. The van der Waals surface area contributed by atoms with Crippen LogP contribution in [0.15, 0.2) is 24.3 Å². The second-order valence-corrected chi connectivity index (χ2v) is 5.59. The molecule has 2 rings (SSSR count). The van der Waals surface area contributed by atoms with Crippen LogP contribution in [0.2, 0.25) is 0 Å². The van der Waals surface area contributed by atoms with Crippen molar-refractivity contribution in [2.24, 2.45) is 0 Å². The number of hydrogen-bond acceptors (Lipinski definition) is 4. The molecule has 0 aliphatic carbocycles. The van der Waals surface area contributed by atoms with Gasteiger partial charge in [0.25, 0.3) is 0 Å². The summed E-state index contributed by atoms with van der Waals surface area (Å²) in [6.07, 6.45) is 5.44. The summed E-state index contributed by atoms with van der Waals surface area (Å²) in [5.74, 6) is -0.510. The molecule has 120 valence electrons. The van der Waals surface area contributed by atoms with Crippen LogP contribution in [0.4, 0.5) is 5.69 Å². The number of carbonyl (C=O) groups is 2. The van der Waals surface area contributed by atoms with Gasteiger partial charge in [-0.15, -0.1) is 0 Å². The van der Waals surface area contributed by atoms with E-state index >= 15 is 0 Å². The van der Waals surface area contributed by atoms with Gasteiger partial charge < -0.3 is 15.0 Å². The Morgan fingerprint density at radius 3 is 2.50 bits per heavy atom. The molecule has 0 radical (unpaired) electrons. The number of hydrogen-bond donors (Lipinski definition) is 1. The van der Waals surface area contributed by atoms with E-state index in [2.05, 4.69) is 10.2 Å². The van der Waals surface area contributed by atoms with Gasteiger partial charge in [-0.1, -0.05) is 25.0 Å². The van der Waals surface area contributed by atoms with Gasteiger partial charge in [-0.2, -0.15) is 0 Å². The van der Waals surface area contributed by atoms with Crippen molar-refractivity contribution in [2.45, 2.75) is 32.1 Å². The first kappa shape index (κ1) is 16.5. The Labute approximate surface area is 131 Å². The van der Waals surface area contributed by atoms with E-state index < -0.39 is 5.97 Å². The lowest BCUT2D eigenvalue weighted by Crippen LogP contribution is -2.29. The lowest BCUT2D eigenvalue weighted by molar-refractivity contribution is -0.116. The Balaban J connectivity index is 1.88. The number of nitrogens with zero attached hydrogens (tertiary/aromatic N) is 1. The first-order valence-corrected chi connectivity index (χ1v) is 7.90. The zero-order chi connectivity index (χ0) is 15.8. The predicted octanol–water partition coefficient (Wildman–Crippen LogP) is 2.68. The number of para-hydroxylation sites is 1. The number of benzene rings is 1. The number of esters is 1. The van der Waals surface area contributed by atoms with Crippen molar-refractivity contribution >= 4 is 17.6 Å². The minimum atomic E-state index is -0.441. The average molecular weight is 304 g/mol. The first-order chi connectivity index (χ1) is 10.7. The number of rotatable bonds is 5. The summed E-state index contributed by atoms with van der Waals surface area (Å²) in [4.78, 5) is 26.1. The highest BCUT2D eigenvalue weighted by Crippen LogP contribution is 2.16. The summed E-state index contributed by atoms with van der Waals surface area (Å²) in [6.45, 7) is 2.92. The molecule has 0 spiro atoms. The van der Waals surface area contributed by atoms with Crippen LogP contribution in [0.1, 0.15) is 42.5 Å². The maximum Gasteiger partial charge on any atom is 0.339 e. The topological polar surface area (TPSA) is 58.6 Å². The summed E-state index contributed by atoms with van der Waals surface area (Å²) in [6, 6.07) is 6.91. The van der Waals surface area contributed by atoms with E-state index in [1.807, 2.05) is 0 Å². The quantitative estimate of drug-likeness (QED) is 0.850. The molecule has 1 fully saturated rings. The van der Waals surface area contributed by atoms with E-state index in [4.69, 9.17) is 4.74 Å². The molecule has 1 aliphatic rings. The molecule has 1 N–H and O–H groups in total. The van der Waals surface area contributed by atoms with Crippen LogP contribution >= 0.6 is 0 Å². The molecular formula is C17H24N2O3. The van der Waals surface area contributed by atoms with E-state index in [-0.39, 0.29) is 5.91 Å². The van der Waals surface area contributed by atoms with E-state index in [1.54, 1.807) is 24.3 Å². The van der Waals surface area contributed by atoms with Crippen LogP contribution in [0.3, 0.4) is 0 Å². The number of nitrogens with one attached hydrogen (secondary N) is 1. The van der Waals surface area contributed by atoms with Crippen LogP contribution in [0.25, 0.3) is 0 Å². The minimum absolute atomic E-state index is 0.0689. The second kappa shape index (κ2) is 8.54. The molecule has 1 amide bonds. The highest BCUT2D eigenvalue weighted by molar-refractivity contribution is 6.01. The summed E-state index contributed by atoms with van der Waals surface area (Å²) < 4.78 is 4.73. The minimum Gasteiger partial charge on any atom is -0.465 e. The fraction of sp³-hybridized carbons (Fsp3) is 0.529. The monoisotopic (exact) mass is 304 g/mol. The smallest absolute Gasteiger partial charge is 0.339 e. The fourth-order valence-corrected chi connectivity index (χ4v) is 2.71. The molecule has 1 heterocycles. The Kier molecular flexibility index (Phi) is 6.40. The van der Waals surface area contributed by atoms with Crippen molar-refractivity contribution in [3.8, 4) is 0 Å². The molecule has 1 saturated heterocycles. The zero-order valence-electron chi connectivity index (χ0n) is 13.1. The highest BCUT2D eigenvalue weighted by Gasteiger charge is 2.14. The third-order valence-corrected chi connectivity index (χ3v) is 3.96. The predicted molar refractivity (Wildman–Crippen MR) is 85.9 cm³/mol. The van der Waals surface area contributed by atoms with Gasteiger partial charge in [-0.05, 0) is 38.1 Å². The number of likely N-dealkylation sites (tertiary alicyclic amines) is 1. The molecule has 5 nitrogen and oxygen atoms in total. The SMILES string of the molecule is COC(=O)c1ccccc1NC(=O)CCN1CCCCCC1. The van der Waals surface area contributed by atoms with E-state index in [0.29, 0.717) is 17.7 Å². The maximum absolute atomic E-state index is 12.1. The molecule has 0 saturated carbocycles. The molecule has 1 aromatic carbocycles. The van der Waals surface area contributed by atoms with E-state index in [0.717, 1.165) is 19.6 Å². The van der Waals surface area contributed by atoms with Gasteiger partial charge in [0, 0.05) is 13.0 Å². The van der Waals surface area contributed by atoms with Gasteiger partial charge in [0.2, 0.25) is 5.91 Å². The highest BCUT2D eigenvalue weighted by atomic mass is 16.5. The molecule has 22 heavy (non-hydrogen) atoms. The Morgan fingerprint density at radius 2 is 1.82 bits per heavy atom. The number of carbonyl (C=O) groups excluding carboxylic acids is 2. The van der Waals surface area contributed by atoms with Crippen molar-refractivity contribution < 1.29 is 14.3 Å². The largest absolute Gasteiger partial charge is 0.465 e. The summed E-state index contributed by atoms with van der Waals surface area (Å²) in [7, 11) is 1.33. The van der Waals surface area contributed by atoms with Gasteiger partial charge in [0.05, 0.1) is 18.4 Å². The van der Waals surface area contributed by atoms with Crippen molar-refractivity contribution in [1.82, 2.24) is 4.90 Å². The number of ether oxygens (including phenoxy) is 1. The first-order valence-electron chi connectivity index (χ1n) is 7.90. The Bertz CT molecular complexity index is 508. The van der Waals surface area contributed by atoms with Crippen LogP contribution in [-0.4, -0.2) is 43.5 Å². The Morgan fingerprint density at radius 1 is 1.14 bits per heavy atom. The third kappa shape index (κ3) is 4.84. The van der Waals surface area contributed by atoms with Gasteiger partial charge in [-0.3, -0.25) is 4.79 Å². The molecule has 0 bridgehead atoms. The van der Waals surface area contributed by atoms with Gasteiger partial charge >= 0.3 is 5.97 Å². The molecule has 1 aromatic rings. The summed E-state index contributed by atoms with van der Waals surface area (Å²) in [5.41, 5.74) is 0.892. The van der Waals surface area contributed by atoms with Crippen LogP contribution < -0.4 is 5.32 Å². The Hall–Kier alpha value is -1.88. The average Bonchev–Trinajstić information content (AvgIpc) is 2.81. The van der Waals surface area contributed by atoms with Crippen LogP contribution in [-0.2, 0) is 9.53 Å². The molecule has 0 unspecified atom stereocenters. The molecule has 0 aromatic heterocycles. The standard InChI is InChI=1S/C17H24N2O3/c1-22-17(21)14-8-4-5-9-15(14)18-16(20)10-13-19-11-6-2-3-7-12-19/h4-5,8-9H,2-3,6-7,10-13H2,1H3,(H,18,20). The van der Waals surface area contributed by atoms with Crippen LogP contribution in [0, 0.1) is 0 Å². The van der Waals surface area contributed by atoms with Crippen molar-refractivity contribution in [2.75, 3.05) is 32.1 Å². The molecule has 5 heteroatoms. The van der Waals surface area contributed by atoms with Crippen molar-refractivity contribution in [3.63, 3.8) is 0 Å². The van der Waals surface area contributed by atoms with Crippen molar-refractivity contribution in [1.29, 1.82) is 0 Å². The van der Waals surface area contributed by atoms with Gasteiger partial charge in [-0.25, -0.2) is 4.79 Å². The molecular weight excluding hydrogens is 280 g/mol. The third-order valence-electron chi connectivity index (χ3n) is 3.96. The van der Waals surface area contributed by atoms with E-state index in [9.17, 15) is 9.59 Å². The fourth-order valence-electron chi connectivity index (χ4n) is 2.71. The number of anilines is 1. The number of amides is 1. The second-order valence-electron chi connectivity index (χ2n) is 5.59. The van der Waals surface area contributed by atoms with Crippen molar-refractivity contribution in [3.05, 3.63) is 29.8 Å². The normalized spacial score (nSPS) is 15.9. The summed E-state index contributed by atoms with van der Waals surface area (Å²) in [5, 5.41) is 2.81. The van der Waals surface area contributed by atoms with Crippen LogP contribution in [0.5, 0.6) is 0 Å². The lowest BCUT2D eigenvalue weighted by Gasteiger charge is -2.19. The number of methoxy groups -OCH3 is 1.